The smallest absolute Gasteiger partial charge is 0.287 e. The molecule has 0 fully saturated rings. The van der Waals surface area contributed by atoms with E-state index >= 15 is 0 Å². The number of fused-ring (bicyclic) bond motifs is 1. The Morgan fingerprint density at radius 1 is 1.11 bits per heavy atom. The molecule has 0 atom stereocenters. The lowest BCUT2D eigenvalue weighted by atomic mass is 10.3. The van der Waals surface area contributed by atoms with E-state index in [2.05, 4.69) is 30.2 Å². The maximum Gasteiger partial charge on any atom is 0.287 e. The van der Waals surface area contributed by atoms with Crippen LogP contribution in [0, 0.1) is 20.8 Å². The summed E-state index contributed by atoms with van der Waals surface area (Å²) in [5.74, 6) is 0.717. The van der Waals surface area contributed by atoms with E-state index in [0.717, 1.165) is 20.7 Å². The van der Waals surface area contributed by atoms with Crippen LogP contribution in [0.25, 0.3) is 17.0 Å². The molecule has 2 N–H and O–H groups in total. The Kier molecular flexibility index (Phi) is 4.40. The molecule has 4 aromatic rings. The number of hydrogen-bond donors (Lipinski definition) is 2. The molecule has 27 heavy (non-hydrogen) atoms. The van der Waals surface area contributed by atoms with Crippen LogP contribution < -0.4 is 11.0 Å². The van der Waals surface area contributed by atoms with Crippen LogP contribution in [0.5, 0.6) is 0 Å². The quantitative estimate of drug-likeness (QED) is 0.501. The van der Waals surface area contributed by atoms with E-state index in [1.807, 2.05) is 26.8 Å². The molecule has 0 aliphatic heterocycles. The minimum atomic E-state index is -0.477. The Bertz CT molecular complexity index is 1250. The van der Waals surface area contributed by atoms with E-state index in [0.29, 0.717) is 17.1 Å². The molecule has 0 aliphatic carbocycles. The van der Waals surface area contributed by atoms with Gasteiger partial charge in [0.05, 0.1) is 0 Å². The number of pyridine rings is 1. The van der Waals surface area contributed by atoms with E-state index in [-0.39, 0.29) is 16.8 Å². The van der Waals surface area contributed by atoms with Gasteiger partial charge in [-0.3, -0.25) is 14.7 Å². The fourth-order valence-electron chi connectivity index (χ4n) is 2.69. The molecule has 11 heteroatoms. The third-order valence-corrected chi connectivity index (χ3v) is 5.78. The van der Waals surface area contributed by atoms with Crippen molar-refractivity contribution in [3.63, 3.8) is 0 Å². The number of aromatic nitrogens is 7. The molecule has 0 aliphatic rings. The molecular weight excluding hydrogens is 386 g/mol. The van der Waals surface area contributed by atoms with Gasteiger partial charge in [-0.2, -0.15) is 4.68 Å². The number of H-pyrrole nitrogens is 2. The van der Waals surface area contributed by atoms with Gasteiger partial charge < -0.3 is 4.98 Å². The summed E-state index contributed by atoms with van der Waals surface area (Å²) in [5.41, 5.74) is 1.67. The predicted molar refractivity (Wildman–Crippen MR) is 104 cm³/mol. The number of nitrogens with one attached hydrogen (secondary N) is 2. The summed E-state index contributed by atoms with van der Waals surface area (Å²) in [6.45, 7) is 5.53. The van der Waals surface area contributed by atoms with E-state index in [9.17, 15) is 9.59 Å². The van der Waals surface area contributed by atoms with E-state index in [1.54, 1.807) is 0 Å². The first-order chi connectivity index (χ1) is 12.9. The normalized spacial score (nSPS) is 11.4. The highest BCUT2D eigenvalue weighted by atomic mass is 32.2. The van der Waals surface area contributed by atoms with Gasteiger partial charge in [0.15, 0.2) is 9.77 Å². The van der Waals surface area contributed by atoms with Crippen molar-refractivity contribution in [3.05, 3.63) is 54.8 Å². The largest absolute Gasteiger partial charge is 0.343 e. The highest BCUT2D eigenvalue weighted by molar-refractivity contribution is 8.00. The summed E-state index contributed by atoms with van der Waals surface area (Å²) in [5, 5.41) is 11.9. The number of aromatic amines is 2. The molecule has 138 valence electrons. The first-order valence-corrected chi connectivity index (χ1v) is 9.83. The minimum Gasteiger partial charge on any atom is -0.343 e. The van der Waals surface area contributed by atoms with Crippen molar-refractivity contribution in [2.45, 2.75) is 30.9 Å². The molecule has 9 nitrogen and oxygen atoms in total. The Morgan fingerprint density at radius 3 is 2.52 bits per heavy atom. The molecule has 0 radical (unpaired) electrons. The second-order valence-electron chi connectivity index (χ2n) is 5.99. The zero-order valence-electron chi connectivity index (χ0n) is 14.7. The Labute approximate surface area is 160 Å². The standard InChI is InChI=1S/C16H15N7O2S2/c1-7-4-8(2)18-15(17-7)23-14(25)12-11(24)5-10(19-13(12)22-23)6-26-16-21-20-9(3)27-16/h4-5H,6H2,1-3H3,(H2,19,22,24). The van der Waals surface area contributed by atoms with Crippen molar-refractivity contribution in [2.75, 3.05) is 0 Å². The van der Waals surface area contributed by atoms with Gasteiger partial charge in [-0.05, 0) is 26.8 Å². The van der Waals surface area contributed by atoms with Gasteiger partial charge in [0, 0.05) is 28.9 Å². The lowest BCUT2D eigenvalue weighted by Gasteiger charge is -2.02. The molecule has 0 saturated heterocycles. The molecule has 0 aromatic carbocycles. The summed E-state index contributed by atoms with van der Waals surface area (Å²) in [6, 6.07) is 3.25. The number of thioether (sulfide) groups is 1. The summed E-state index contributed by atoms with van der Waals surface area (Å²) in [6.07, 6.45) is 0. The summed E-state index contributed by atoms with van der Waals surface area (Å²) in [4.78, 5) is 36.8. The van der Waals surface area contributed by atoms with E-state index in [1.165, 1.54) is 33.8 Å². The summed E-state index contributed by atoms with van der Waals surface area (Å²) < 4.78 is 2.01. The van der Waals surface area contributed by atoms with Crippen molar-refractivity contribution in [1.82, 2.24) is 34.9 Å². The van der Waals surface area contributed by atoms with Crippen LogP contribution in [0.3, 0.4) is 0 Å². The number of aryl methyl sites for hydroxylation is 3. The van der Waals surface area contributed by atoms with Crippen molar-refractivity contribution in [1.29, 1.82) is 0 Å². The highest BCUT2D eigenvalue weighted by Gasteiger charge is 2.15. The Morgan fingerprint density at radius 2 is 1.85 bits per heavy atom. The lowest BCUT2D eigenvalue weighted by molar-refractivity contribution is 0.777. The van der Waals surface area contributed by atoms with Crippen LogP contribution in [0.1, 0.15) is 22.1 Å². The molecule has 0 saturated carbocycles. The number of rotatable bonds is 4. The average molecular weight is 401 g/mol. The maximum absolute atomic E-state index is 12.7. The Hall–Kier alpha value is -2.79. The Balaban J connectivity index is 1.74. The summed E-state index contributed by atoms with van der Waals surface area (Å²) in [7, 11) is 0. The second kappa shape index (κ2) is 6.74. The van der Waals surface area contributed by atoms with Crippen LogP contribution in [-0.2, 0) is 5.75 Å². The zero-order valence-corrected chi connectivity index (χ0v) is 16.4. The fourth-order valence-corrected chi connectivity index (χ4v) is 4.41. The SMILES string of the molecule is Cc1cc(C)nc(-n2[nH]c3[nH]c(CSc4nnc(C)s4)cc(=O)c3c2=O)n1. The molecule has 0 spiro atoms. The van der Waals surface area contributed by atoms with Gasteiger partial charge in [-0.1, -0.05) is 23.1 Å². The monoisotopic (exact) mass is 401 g/mol. The number of hydrogen-bond acceptors (Lipinski definition) is 8. The topological polar surface area (TPSA) is 122 Å². The summed E-state index contributed by atoms with van der Waals surface area (Å²) >= 11 is 2.97. The minimum absolute atomic E-state index is 0.0540. The van der Waals surface area contributed by atoms with Crippen LogP contribution >= 0.6 is 23.1 Å². The predicted octanol–water partition coefficient (Wildman–Crippen LogP) is 1.87. The van der Waals surface area contributed by atoms with Crippen LogP contribution in [-0.4, -0.2) is 34.9 Å². The first kappa shape index (κ1) is 17.6. The first-order valence-electron chi connectivity index (χ1n) is 8.03. The van der Waals surface area contributed by atoms with Crippen LogP contribution in [0.2, 0.25) is 0 Å². The van der Waals surface area contributed by atoms with Crippen LogP contribution in [0.15, 0.2) is 26.1 Å². The molecule has 0 amide bonds. The van der Waals surface area contributed by atoms with Gasteiger partial charge in [0.2, 0.25) is 0 Å². The number of nitrogens with zero attached hydrogens (tertiary/aromatic N) is 5. The van der Waals surface area contributed by atoms with Crippen molar-refractivity contribution in [3.8, 4) is 5.95 Å². The molecule has 4 heterocycles. The van der Waals surface area contributed by atoms with Crippen molar-refractivity contribution < 1.29 is 0 Å². The van der Waals surface area contributed by atoms with Gasteiger partial charge in [0.25, 0.3) is 11.5 Å². The zero-order chi connectivity index (χ0) is 19.1. The van der Waals surface area contributed by atoms with Gasteiger partial charge in [-0.25, -0.2) is 9.97 Å². The lowest BCUT2D eigenvalue weighted by Crippen LogP contribution is -2.20. The average Bonchev–Trinajstić information content (AvgIpc) is 3.16. The third-order valence-electron chi connectivity index (χ3n) is 3.76. The van der Waals surface area contributed by atoms with Crippen LogP contribution in [0.4, 0.5) is 0 Å². The van der Waals surface area contributed by atoms with Crippen molar-refractivity contribution >= 4 is 34.1 Å². The highest BCUT2D eigenvalue weighted by Crippen LogP contribution is 2.24. The van der Waals surface area contributed by atoms with Gasteiger partial charge in [-0.15, -0.1) is 10.2 Å². The molecule has 4 rings (SSSR count). The van der Waals surface area contributed by atoms with E-state index in [4.69, 9.17) is 0 Å². The molecule has 0 bridgehead atoms. The third kappa shape index (κ3) is 3.43. The fraction of sp³-hybridized carbons (Fsp3) is 0.250. The van der Waals surface area contributed by atoms with Crippen molar-refractivity contribution in [2.24, 2.45) is 0 Å². The van der Waals surface area contributed by atoms with Gasteiger partial charge in [0.1, 0.15) is 16.0 Å². The molecular formula is C16H15N7O2S2. The molecule has 0 unspecified atom stereocenters. The second-order valence-corrected chi connectivity index (χ2v) is 8.39. The van der Waals surface area contributed by atoms with E-state index < -0.39 is 5.56 Å². The molecule has 4 aromatic heterocycles. The maximum atomic E-state index is 12.7. The van der Waals surface area contributed by atoms with Gasteiger partial charge >= 0.3 is 0 Å².